The van der Waals surface area contributed by atoms with Gasteiger partial charge in [0.05, 0.1) is 11.8 Å². The van der Waals surface area contributed by atoms with Gasteiger partial charge >= 0.3 is 0 Å². The summed E-state index contributed by atoms with van der Waals surface area (Å²) in [6, 6.07) is 4.51. The lowest BCUT2D eigenvalue weighted by atomic mass is 10.1. The van der Waals surface area contributed by atoms with Crippen molar-refractivity contribution in [3.63, 3.8) is 0 Å². The van der Waals surface area contributed by atoms with E-state index in [1.165, 1.54) is 12.1 Å². The first-order valence-electron chi connectivity index (χ1n) is 6.46. The Hall–Kier alpha value is -2.83. The van der Waals surface area contributed by atoms with Crippen LogP contribution in [0.1, 0.15) is 11.1 Å². The third-order valence-corrected chi connectivity index (χ3v) is 3.49. The topological polar surface area (TPSA) is 56.4 Å². The van der Waals surface area contributed by atoms with E-state index >= 15 is 0 Å². The van der Waals surface area contributed by atoms with Crippen LogP contribution in [0.4, 0.5) is 8.78 Å². The van der Waals surface area contributed by atoms with Crippen molar-refractivity contribution in [2.24, 2.45) is 0 Å². The highest BCUT2D eigenvalue weighted by Gasteiger charge is 2.15. The van der Waals surface area contributed by atoms with Crippen molar-refractivity contribution in [2.45, 2.75) is 13.8 Å². The number of hydrogen-bond donors (Lipinski definition) is 0. The Morgan fingerprint density at radius 3 is 2.45 bits per heavy atom. The summed E-state index contributed by atoms with van der Waals surface area (Å²) in [5.41, 5.74) is -0.0701. The second kappa shape index (κ2) is 4.87. The summed E-state index contributed by atoms with van der Waals surface area (Å²) < 4.78 is 29.9. The van der Waals surface area contributed by atoms with Gasteiger partial charge in [0.25, 0.3) is 11.1 Å². The zero-order valence-corrected chi connectivity index (χ0v) is 11.8. The average Bonchev–Trinajstić information content (AvgIpc) is 2.43. The van der Waals surface area contributed by atoms with Crippen LogP contribution in [0.25, 0.3) is 11.5 Å². The normalized spacial score (nSPS) is 11.1. The van der Waals surface area contributed by atoms with Crippen LogP contribution in [0.5, 0.6) is 0 Å². The van der Waals surface area contributed by atoms with E-state index in [0.29, 0.717) is 11.6 Å². The first kappa shape index (κ1) is 14.1. The van der Waals surface area contributed by atoms with E-state index in [-0.39, 0.29) is 11.5 Å². The molecular formula is C15H11F2N3O2. The smallest absolute Gasteiger partial charge is 0.269 e. The monoisotopic (exact) mass is 303 g/mol. The van der Waals surface area contributed by atoms with E-state index in [9.17, 15) is 18.4 Å². The highest BCUT2D eigenvalue weighted by Crippen LogP contribution is 2.18. The van der Waals surface area contributed by atoms with Crippen molar-refractivity contribution in [2.75, 3.05) is 0 Å². The van der Waals surface area contributed by atoms with E-state index in [2.05, 4.69) is 4.98 Å². The largest absolute Gasteiger partial charge is 0.274 e. The first-order valence-corrected chi connectivity index (χ1v) is 6.46. The van der Waals surface area contributed by atoms with Gasteiger partial charge in [0.1, 0.15) is 5.82 Å². The summed E-state index contributed by atoms with van der Waals surface area (Å²) in [7, 11) is 0. The molecule has 0 N–H and O–H groups in total. The molecule has 0 unspecified atom stereocenters. The number of fused-ring (bicyclic) bond motifs is 1. The fraction of sp³-hybridized carbons (Fsp3) is 0.133. The van der Waals surface area contributed by atoms with Gasteiger partial charge in [-0.15, -0.1) is 0 Å². The molecule has 0 atom stereocenters. The molecule has 5 nitrogen and oxygen atoms in total. The molecule has 0 saturated heterocycles. The molecule has 7 heteroatoms. The Bertz CT molecular complexity index is 1020. The summed E-state index contributed by atoms with van der Waals surface area (Å²) in [6.45, 7) is 3.49. The van der Waals surface area contributed by atoms with E-state index in [1.54, 1.807) is 13.8 Å². The third kappa shape index (κ3) is 2.11. The zero-order valence-electron chi connectivity index (χ0n) is 11.8. The summed E-state index contributed by atoms with van der Waals surface area (Å²) >= 11 is 0. The van der Waals surface area contributed by atoms with Crippen LogP contribution in [0.15, 0.2) is 40.1 Å². The van der Waals surface area contributed by atoms with Crippen molar-refractivity contribution in [3.05, 3.63) is 74.1 Å². The molecular weight excluding hydrogens is 292 g/mol. The number of benzene rings is 1. The van der Waals surface area contributed by atoms with E-state index < -0.39 is 22.9 Å². The molecule has 3 aromatic rings. The number of aromatic nitrogens is 3. The van der Waals surface area contributed by atoms with Crippen LogP contribution in [0, 0.1) is 25.6 Å². The minimum Gasteiger partial charge on any atom is -0.269 e. The van der Waals surface area contributed by atoms with Crippen LogP contribution in [-0.4, -0.2) is 14.0 Å². The van der Waals surface area contributed by atoms with Crippen LogP contribution < -0.4 is 11.1 Å². The molecule has 0 spiro atoms. The van der Waals surface area contributed by atoms with Crippen LogP contribution in [0.3, 0.4) is 0 Å². The number of halogens is 2. The fourth-order valence-corrected chi connectivity index (χ4v) is 2.22. The summed E-state index contributed by atoms with van der Waals surface area (Å²) in [4.78, 5) is 27.2. The molecule has 0 aliphatic carbocycles. The van der Waals surface area contributed by atoms with Gasteiger partial charge in [-0.3, -0.25) is 14.0 Å². The second-order valence-corrected chi connectivity index (χ2v) is 4.96. The summed E-state index contributed by atoms with van der Waals surface area (Å²) in [6.07, 6.45) is 1.15. The molecule has 2 aromatic heterocycles. The molecule has 0 aliphatic rings. The van der Waals surface area contributed by atoms with Crippen molar-refractivity contribution in [1.82, 2.24) is 14.0 Å². The van der Waals surface area contributed by atoms with Crippen molar-refractivity contribution < 1.29 is 8.78 Å². The van der Waals surface area contributed by atoms with Crippen LogP contribution >= 0.6 is 0 Å². The van der Waals surface area contributed by atoms with Gasteiger partial charge in [0.2, 0.25) is 11.7 Å². The Balaban J connectivity index is 2.51. The van der Waals surface area contributed by atoms with E-state index in [4.69, 9.17) is 0 Å². The fourth-order valence-electron chi connectivity index (χ4n) is 2.22. The van der Waals surface area contributed by atoms with Gasteiger partial charge < -0.3 is 0 Å². The average molecular weight is 303 g/mol. The second-order valence-electron chi connectivity index (χ2n) is 4.96. The number of aryl methyl sites for hydroxylation is 2. The van der Waals surface area contributed by atoms with Gasteiger partial charge in [0.15, 0.2) is 0 Å². The molecule has 0 saturated carbocycles. The lowest BCUT2D eigenvalue weighted by Crippen LogP contribution is -2.26. The van der Waals surface area contributed by atoms with Crippen LogP contribution in [0.2, 0.25) is 0 Å². The lowest BCUT2D eigenvalue weighted by molar-refractivity contribution is 0.550. The maximum Gasteiger partial charge on any atom is 0.274 e. The van der Waals surface area contributed by atoms with Gasteiger partial charge in [-0.05, 0) is 37.1 Å². The Labute approximate surface area is 123 Å². The van der Waals surface area contributed by atoms with E-state index in [0.717, 1.165) is 26.8 Å². The van der Waals surface area contributed by atoms with E-state index in [1.807, 2.05) is 0 Å². The van der Waals surface area contributed by atoms with Crippen LogP contribution in [-0.2, 0) is 0 Å². The predicted molar refractivity (Wildman–Crippen MR) is 76.4 cm³/mol. The van der Waals surface area contributed by atoms with Gasteiger partial charge in [-0.1, -0.05) is 0 Å². The molecule has 3 rings (SSSR count). The molecule has 0 aliphatic heterocycles. The third-order valence-electron chi connectivity index (χ3n) is 3.49. The Kier molecular flexibility index (Phi) is 3.13. The minimum absolute atomic E-state index is 0.0799. The quantitative estimate of drug-likeness (QED) is 0.643. The summed E-state index contributed by atoms with van der Waals surface area (Å²) in [5.74, 6) is -1.82. The highest BCUT2D eigenvalue weighted by molar-refractivity contribution is 5.47. The Morgan fingerprint density at radius 1 is 1.05 bits per heavy atom. The zero-order chi connectivity index (χ0) is 16.0. The maximum absolute atomic E-state index is 14.3. The van der Waals surface area contributed by atoms with Gasteiger partial charge in [-0.2, -0.15) is 9.37 Å². The lowest BCUT2D eigenvalue weighted by Gasteiger charge is -2.13. The number of hydrogen-bond acceptors (Lipinski definition) is 3. The number of rotatable bonds is 1. The molecule has 112 valence electrons. The van der Waals surface area contributed by atoms with Gasteiger partial charge in [0, 0.05) is 12.3 Å². The highest BCUT2D eigenvalue weighted by atomic mass is 19.1. The number of nitrogens with zero attached hydrogens (tertiary/aromatic N) is 3. The predicted octanol–water partition coefficient (Wildman–Crippen LogP) is 1.74. The summed E-state index contributed by atoms with van der Waals surface area (Å²) in [5, 5.41) is 0. The van der Waals surface area contributed by atoms with Crippen molar-refractivity contribution in [1.29, 1.82) is 0 Å². The molecule has 1 aromatic carbocycles. The molecule has 0 fully saturated rings. The Morgan fingerprint density at radius 2 is 1.73 bits per heavy atom. The molecule has 2 heterocycles. The SMILES string of the molecule is Cc1cc(F)c(-n2c(=O)cc(F)n3ccc(=O)nc23)cc1C. The minimum atomic E-state index is -0.881. The van der Waals surface area contributed by atoms with Crippen molar-refractivity contribution >= 4 is 5.78 Å². The first-order chi connectivity index (χ1) is 10.4. The molecule has 0 bridgehead atoms. The van der Waals surface area contributed by atoms with Gasteiger partial charge in [-0.25, -0.2) is 8.96 Å². The molecule has 0 radical (unpaired) electrons. The molecule has 0 amide bonds. The van der Waals surface area contributed by atoms with Crippen molar-refractivity contribution in [3.8, 4) is 5.69 Å². The standard InChI is InChI=1S/C15H11F2N3O2/c1-8-5-10(16)11(6-9(8)2)20-14(22)7-12(17)19-4-3-13(21)18-15(19)20/h3-7H,1-2H3. The molecule has 22 heavy (non-hydrogen) atoms. The maximum atomic E-state index is 14.3.